The summed E-state index contributed by atoms with van der Waals surface area (Å²) >= 11 is 0. The van der Waals surface area contributed by atoms with Gasteiger partial charge in [0.25, 0.3) is 0 Å². The van der Waals surface area contributed by atoms with Crippen molar-refractivity contribution in [3.8, 4) is 6.07 Å². The fourth-order valence-corrected chi connectivity index (χ4v) is 1.91. The van der Waals surface area contributed by atoms with Gasteiger partial charge in [0.15, 0.2) is 0 Å². The van der Waals surface area contributed by atoms with Crippen LogP contribution in [0.25, 0.3) is 6.08 Å². The van der Waals surface area contributed by atoms with E-state index in [9.17, 15) is 4.79 Å². The standard InChI is InChI=1S/C19H26N2O5/c1-21(2)18-6-4-16(5-7-18)14-17(15-20)19(22)26-13-12-25-11-10-24-9-8-23-3/h4-7,14H,8-13H2,1-3H3. The van der Waals surface area contributed by atoms with Crippen LogP contribution in [-0.4, -0.2) is 66.8 Å². The summed E-state index contributed by atoms with van der Waals surface area (Å²) in [4.78, 5) is 13.9. The topological polar surface area (TPSA) is 81.0 Å². The number of carbonyl (C=O) groups excluding carboxylic acids is 1. The van der Waals surface area contributed by atoms with Gasteiger partial charge in [-0.3, -0.25) is 0 Å². The van der Waals surface area contributed by atoms with E-state index in [1.165, 1.54) is 6.08 Å². The Balaban J connectivity index is 2.34. The molecule has 0 amide bonds. The van der Waals surface area contributed by atoms with Crippen molar-refractivity contribution in [2.45, 2.75) is 0 Å². The van der Waals surface area contributed by atoms with Gasteiger partial charge in [0.05, 0.1) is 33.0 Å². The van der Waals surface area contributed by atoms with E-state index < -0.39 is 5.97 Å². The van der Waals surface area contributed by atoms with Crippen molar-refractivity contribution in [2.75, 3.05) is 65.7 Å². The Morgan fingerprint density at radius 1 is 1.04 bits per heavy atom. The van der Waals surface area contributed by atoms with E-state index >= 15 is 0 Å². The highest BCUT2D eigenvalue weighted by molar-refractivity contribution is 5.97. The van der Waals surface area contributed by atoms with Gasteiger partial charge in [0.2, 0.25) is 0 Å². The molecule has 0 aliphatic heterocycles. The first-order valence-electron chi connectivity index (χ1n) is 8.29. The lowest BCUT2D eigenvalue weighted by Gasteiger charge is -2.11. The molecule has 0 aromatic heterocycles. The molecule has 0 saturated carbocycles. The van der Waals surface area contributed by atoms with Crippen molar-refractivity contribution < 1.29 is 23.7 Å². The lowest BCUT2D eigenvalue weighted by molar-refractivity contribution is -0.140. The average molecular weight is 362 g/mol. The van der Waals surface area contributed by atoms with Crippen LogP contribution >= 0.6 is 0 Å². The molecular formula is C19H26N2O5. The van der Waals surface area contributed by atoms with Gasteiger partial charge in [-0.25, -0.2) is 4.79 Å². The summed E-state index contributed by atoms with van der Waals surface area (Å²) in [6.07, 6.45) is 1.51. The average Bonchev–Trinajstić information content (AvgIpc) is 2.65. The minimum Gasteiger partial charge on any atom is -0.459 e. The Labute approximate surface area is 154 Å². The zero-order chi connectivity index (χ0) is 19.2. The molecule has 0 fully saturated rings. The fraction of sp³-hybridized carbons (Fsp3) is 0.474. The molecular weight excluding hydrogens is 336 g/mol. The molecule has 0 saturated heterocycles. The van der Waals surface area contributed by atoms with Crippen LogP contribution in [0.15, 0.2) is 29.8 Å². The molecule has 0 spiro atoms. The number of rotatable bonds is 12. The number of anilines is 1. The quantitative estimate of drug-likeness (QED) is 0.243. The van der Waals surface area contributed by atoms with Crippen LogP contribution in [0.4, 0.5) is 5.69 Å². The third-order valence-corrected chi connectivity index (χ3v) is 3.33. The number of ether oxygens (including phenoxy) is 4. The maximum Gasteiger partial charge on any atom is 0.348 e. The first-order valence-corrected chi connectivity index (χ1v) is 8.29. The minimum absolute atomic E-state index is 0.0505. The molecule has 7 heteroatoms. The summed E-state index contributed by atoms with van der Waals surface area (Å²) in [5.41, 5.74) is 1.74. The fourth-order valence-electron chi connectivity index (χ4n) is 1.91. The summed E-state index contributed by atoms with van der Waals surface area (Å²) in [5, 5.41) is 9.16. The third-order valence-electron chi connectivity index (χ3n) is 3.33. The van der Waals surface area contributed by atoms with Crippen molar-refractivity contribution in [3.05, 3.63) is 35.4 Å². The molecule has 0 atom stereocenters. The largest absolute Gasteiger partial charge is 0.459 e. The Morgan fingerprint density at radius 3 is 2.15 bits per heavy atom. The molecule has 0 radical (unpaired) electrons. The highest BCUT2D eigenvalue weighted by Crippen LogP contribution is 2.15. The van der Waals surface area contributed by atoms with E-state index in [0.717, 1.165) is 11.3 Å². The number of hydrogen-bond donors (Lipinski definition) is 0. The van der Waals surface area contributed by atoms with Crippen LogP contribution in [0.3, 0.4) is 0 Å². The van der Waals surface area contributed by atoms with Gasteiger partial charge in [0, 0.05) is 26.9 Å². The Morgan fingerprint density at radius 2 is 1.62 bits per heavy atom. The predicted octanol–water partition coefficient (Wildman–Crippen LogP) is 1.88. The van der Waals surface area contributed by atoms with E-state index in [0.29, 0.717) is 26.4 Å². The van der Waals surface area contributed by atoms with Crippen LogP contribution in [0.2, 0.25) is 0 Å². The molecule has 1 aromatic carbocycles. The van der Waals surface area contributed by atoms with Gasteiger partial charge in [-0.05, 0) is 23.8 Å². The highest BCUT2D eigenvalue weighted by Gasteiger charge is 2.10. The number of nitrogens with zero attached hydrogens (tertiary/aromatic N) is 2. The molecule has 0 heterocycles. The number of nitriles is 1. The second kappa shape index (κ2) is 12.9. The summed E-state index contributed by atoms with van der Waals surface area (Å²) in [5.74, 6) is -0.663. The number of benzene rings is 1. The molecule has 0 N–H and O–H groups in total. The Hall–Kier alpha value is -2.40. The normalized spacial score (nSPS) is 11.1. The van der Waals surface area contributed by atoms with E-state index in [2.05, 4.69) is 0 Å². The SMILES string of the molecule is COCCOCCOCCOC(=O)C(C#N)=Cc1ccc(N(C)C)cc1. The molecule has 7 nitrogen and oxygen atoms in total. The third kappa shape index (κ3) is 8.62. The Kier molecular flexibility index (Phi) is 10.7. The van der Waals surface area contributed by atoms with E-state index in [4.69, 9.17) is 24.2 Å². The van der Waals surface area contributed by atoms with Crippen LogP contribution in [-0.2, 0) is 23.7 Å². The molecule has 0 aliphatic rings. The van der Waals surface area contributed by atoms with E-state index in [1.807, 2.05) is 49.3 Å². The predicted molar refractivity (Wildman–Crippen MR) is 98.8 cm³/mol. The van der Waals surface area contributed by atoms with Crippen molar-refractivity contribution in [1.29, 1.82) is 5.26 Å². The maximum atomic E-state index is 11.9. The monoisotopic (exact) mass is 362 g/mol. The van der Waals surface area contributed by atoms with Crippen LogP contribution in [0.5, 0.6) is 0 Å². The second-order valence-corrected chi connectivity index (χ2v) is 5.51. The maximum absolute atomic E-state index is 11.9. The Bertz CT molecular complexity index is 605. The molecule has 0 bridgehead atoms. The number of methoxy groups -OCH3 is 1. The smallest absolute Gasteiger partial charge is 0.348 e. The van der Waals surface area contributed by atoms with Crippen LogP contribution < -0.4 is 4.90 Å². The van der Waals surface area contributed by atoms with Crippen molar-refractivity contribution >= 4 is 17.7 Å². The van der Waals surface area contributed by atoms with Crippen molar-refractivity contribution in [1.82, 2.24) is 0 Å². The van der Waals surface area contributed by atoms with E-state index in [1.54, 1.807) is 7.11 Å². The van der Waals surface area contributed by atoms with Gasteiger partial charge in [-0.1, -0.05) is 12.1 Å². The zero-order valence-corrected chi connectivity index (χ0v) is 15.6. The first kappa shape index (κ1) is 21.6. The number of esters is 1. The molecule has 26 heavy (non-hydrogen) atoms. The highest BCUT2D eigenvalue weighted by atomic mass is 16.6. The first-order chi connectivity index (χ1) is 12.6. The lowest BCUT2D eigenvalue weighted by Crippen LogP contribution is -2.14. The zero-order valence-electron chi connectivity index (χ0n) is 15.6. The minimum atomic E-state index is -0.663. The molecule has 0 unspecified atom stereocenters. The molecule has 142 valence electrons. The summed E-state index contributed by atoms with van der Waals surface area (Å²) in [6.45, 7) is 2.23. The number of carbonyl (C=O) groups is 1. The van der Waals surface area contributed by atoms with Gasteiger partial charge < -0.3 is 23.8 Å². The van der Waals surface area contributed by atoms with Crippen LogP contribution in [0, 0.1) is 11.3 Å². The number of hydrogen-bond acceptors (Lipinski definition) is 7. The summed E-state index contributed by atoms with van der Waals surface area (Å²) < 4.78 is 20.4. The summed E-state index contributed by atoms with van der Waals surface area (Å²) in [7, 11) is 5.49. The van der Waals surface area contributed by atoms with Crippen molar-refractivity contribution in [3.63, 3.8) is 0 Å². The van der Waals surface area contributed by atoms with Crippen molar-refractivity contribution in [2.24, 2.45) is 0 Å². The summed E-state index contributed by atoms with van der Waals surface area (Å²) in [6, 6.07) is 9.37. The molecule has 0 aliphatic carbocycles. The van der Waals surface area contributed by atoms with E-state index in [-0.39, 0.29) is 18.8 Å². The van der Waals surface area contributed by atoms with Gasteiger partial charge in [-0.2, -0.15) is 5.26 Å². The molecule has 1 aromatic rings. The van der Waals surface area contributed by atoms with Gasteiger partial charge >= 0.3 is 5.97 Å². The molecule has 1 rings (SSSR count). The van der Waals surface area contributed by atoms with Crippen LogP contribution in [0.1, 0.15) is 5.56 Å². The second-order valence-electron chi connectivity index (χ2n) is 5.51. The lowest BCUT2D eigenvalue weighted by atomic mass is 10.1. The van der Waals surface area contributed by atoms with Gasteiger partial charge in [-0.15, -0.1) is 0 Å². The van der Waals surface area contributed by atoms with Gasteiger partial charge in [0.1, 0.15) is 18.2 Å².